The van der Waals surface area contributed by atoms with Gasteiger partial charge in [0, 0.05) is 37.6 Å². The molecule has 0 fully saturated rings. The highest BCUT2D eigenvalue weighted by molar-refractivity contribution is 5.96. The highest BCUT2D eigenvalue weighted by Gasteiger charge is 2.24. The number of fused-ring (bicyclic) bond motifs is 2. The van der Waals surface area contributed by atoms with Crippen molar-refractivity contribution in [3.05, 3.63) is 83.2 Å². The average Bonchev–Trinajstić information content (AvgIpc) is 2.56. The highest BCUT2D eigenvalue weighted by Crippen LogP contribution is 2.38. The first-order valence-electron chi connectivity index (χ1n) is 7.51. The van der Waals surface area contributed by atoms with Gasteiger partial charge in [0.05, 0.1) is 11.4 Å². The molecule has 22 heavy (non-hydrogen) atoms. The van der Waals surface area contributed by atoms with E-state index in [0.29, 0.717) is 0 Å². The van der Waals surface area contributed by atoms with Crippen LogP contribution in [0.3, 0.4) is 0 Å². The average molecular weight is 286 g/mol. The van der Waals surface area contributed by atoms with Gasteiger partial charge in [0.15, 0.2) is 0 Å². The van der Waals surface area contributed by atoms with Gasteiger partial charge in [-0.05, 0) is 23.3 Å². The van der Waals surface area contributed by atoms with E-state index in [1.807, 2.05) is 0 Å². The van der Waals surface area contributed by atoms with Gasteiger partial charge in [-0.1, -0.05) is 48.5 Å². The molecule has 0 atom stereocenters. The Morgan fingerprint density at radius 3 is 1.45 bits per heavy atom. The van der Waals surface area contributed by atoms with E-state index < -0.39 is 0 Å². The van der Waals surface area contributed by atoms with Crippen LogP contribution in [0.25, 0.3) is 23.5 Å². The Bertz CT molecular complexity index is 758. The van der Waals surface area contributed by atoms with Crippen LogP contribution in [0.15, 0.2) is 60.9 Å². The molecule has 108 valence electrons. The highest BCUT2D eigenvalue weighted by atomic mass is 15.2. The maximum atomic E-state index is 2.21. The molecule has 0 bridgehead atoms. The molecule has 0 aromatic heterocycles. The molecule has 0 amide bonds. The zero-order valence-electron chi connectivity index (χ0n) is 12.8. The van der Waals surface area contributed by atoms with Crippen molar-refractivity contribution >= 4 is 23.5 Å². The van der Waals surface area contributed by atoms with Crippen molar-refractivity contribution in [1.29, 1.82) is 0 Å². The number of hydrogen-bond acceptors (Lipinski definition) is 2. The summed E-state index contributed by atoms with van der Waals surface area (Å²) in [5.41, 5.74) is 7.58. The van der Waals surface area contributed by atoms with E-state index >= 15 is 0 Å². The van der Waals surface area contributed by atoms with Crippen molar-refractivity contribution in [2.75, 3.05) is 14.1 Å². The van der Waals surface area contributed by atoms with Crippen LogP contribution in [0, 0.1) is 0 Å². The summed E-state index contributed by atoms with van der Waals surface area (Å²) in [4.78, 5) is 4.42. The third-order valence-corrected chi connectivity index (χ3v) is 4.32. The van der Waals surface area contributed by atoms with Gasteiger partial charge in [0.25, 0.3) is 0 Å². The Hall–Kier alpha value is -2.74. The first-order chi connectivity index (χ1) is 10.8. The molecular weight excluding hydrogens is 268 g/mol. The van der Waals surface area contributed by atoms with Crippen molar-refractivity contribution in [3.63, 3.8) is 0 Å². The largest absolute Gasteiger partial charge is 0.349 e. The number of benzene rings is 2. The van der Waals surface area contributed by atoms with Crippen LogP contribution in [0.4, 0.5) is 0 Å². The molecule has 2 aromatic rings. The Kier molecular flexibility index (Phi) is 2.90. The smallest absolute Gasteiger partial charge is 0.0730 e. The lowest BCUT2D eigenvalue weighted by molar-refractivity contribution is 0.611. The fourth-order valence-electron chi connectivity index (χ4n) is 3.22. The summed E-state index contributed by atoms with van der Waals surface area (Å²) >= 11 is 0. The van der Waals surface area contributed by atoms with E-state index in [4.69, 9.17) is 0 Å². The summed E-state index contributed by atoms with van der Waals surface area (Å²) in [6.45, 7) is 0. The fraction of sp³-hybridized carbons (Fsp3) is 0.100. The van der Waals surface area contributed by atoms with E-state index in [2.05, 4.69) is 97.0 Å². The Morgan fingerprint density at radius 2 is 1.00 bits per heavy atom. The lowest BCUT2D eigenvalue weighted by Crippen LogP contribution is -2.22. The Labute approximate surface area is 131 Å². The standard InChI is InChI=1S/C20H18N2/c1-21-13-11-15-7-3-5-9-17(15)19(21)20-18-10-6-4-8-16(18)12-14-22(20)2/h3-14H,1-2H3/b20-19+. The molecule has 0 aliphatic carbocycles. The minimum atomic E-state index is 1.25. The predicted molar refractivity (Wildman–Crippen MR) is 93.3 cm³/mol. The Balaban J connectivity index is 2.04. The van der Waals surface area contributed by atoms with Gasteiger partial charge in [0.1, 0.15) is 0 Å². The predicted octanol–water partition coefficient (Wildman–Crippen LogP) is 4.34. The monoisotopic (exact) mass is 286 g/mol. The normalized spacial score (nSPS) is 19.2. The molecule has 0 unspecified atom stereocenters. The van der Waals surface area contributed by atoms with Gasteiger partial charge < -0.3 is 9.80 Å². The molecule has 0 N–H and O–H groups in total. The van der Waals surface area contributed by atoms with E-state index in [0.717, 1.165) is 0 Å². The molecular formula is C20H18N2. The first-order valence-corrected chi connectivity index (χ1v) is 7.51. The number of rotatable bonds is 0. The van der Waals surface area contributed by atoms with Crippen LogP contribution in [0.5, 0.6) is 0 Å². The molecule has 2 aromatic carbocycles. The SMILES string of the molecule is CN1C=Cc2ccccc2/C1=C1/c2ccccc2C=CN1C. The second kappa shape index (κ2) is 4.92. The molecule has 0 saturated heterocycles. The molecule has 2 heterocycles. The fourth-order valence-corrected chi connectivity index (χ4v) is 3.22. The van der Waals surface area contributed by atoms with Crippen LogP contribution in [0.1, 0.15) is 22.3 Å². The van der Waals surface area contributed by atoms with Crippen molar-refractivity contribution in [1.82, 2.24) is 9.80 Å². The minimum absolute atomic E-state index is 1.25. The second-order valence-corrected chi connectivity index (χ2v) is 5.73. The summed E-state index contributed by atoms with van der Waals surface area (Å²) in [5.74, 6) is 0. The van der Waals surface area contributed by atoms with Crippen molar-refractivity contribution in [3.8, 4) is 0 Å². The van der Waals surface area contributed by atoms with E-state index in [1.165, 1.54) is 33.6 Å². The van der Waals surface area contributed by atoms with Gasteiger partial charge in [-0.2, -0.15) is 0 Å². The lowest BCUT2D eigenvalue weighted by atomic mass is 9.93. The van der Waals surface area contributed by atoms with Crippen molar-refractivity contribution < 1.29 is 0 Å². The van der Waals surface area contributed by atoms with E-state index in [9.17, 15) is 0 Å². The molecule has 0 spiro atoms. The van der Waals surface area contributed by atoms with Crippen LogP contribution >= 0.6 is 0 Å². The van der Waals surface area contributed by atoms with Crippen LogP contribution in [0.2, 0.25) is 0 Å². The third kappa shape index (κ3) is 1.88. The summed E-state index contributed by atoms with van der Waals surface area (Å²) in [7, 11) is 4.23. The van der Waals surface area contributed by atoms with Gasteiger partial charge in [-0.15, -0.1) is 0 Å². The summed E-state index contributed by atoms with van der Waals surface area (Å²) in [5, 5.41) is 0. The quantitative estimate of drug-likeness (QED) is 0.710. The van der Waals surface area contributed by atoms with E-state index in [-0.39, 0.29) is 0 Å². The maximum Gasteiger partial charge on any atom is 0.0730 e. The van der Waals surface area contributed by atoms with Crippen LogP contribution < -0.4 is 0 Å². The Morgan fingerprint density at radius 1 is 0.591 bits per heavy atom. The molecule has 2 aliphatic rings. The molecule has 2 heteroatoms. The molecule has 2 nitrogen and oxygen atoms in total. The zero-order valence-corrected chi connectivity index (χ0v) is 12.8. The summed E-state index contributed by atoms with van der Waals surface area (Å²) in [6.07, 6.45) is 8.62. The van der Waals surface area contributed by atoms with Gasteiger partial charge in [-0.25, -0.2) is 0 Å². The maximum absolute atomic E-state index is 2.21. The first kappa shape index (κ1) is 13.0. The lowest BCUT2D eigenvalue weighted by Gasteiger charge is -2.33. The van der Waals surface area contributed by atoms with Crippen LogP contribution in [-0.4, -0.2) is 23.9 Å². The molecule has 2 aliphatic heterocycles. The van der Waals surface area contributed by atoms with Gasteiger partial charge >= 0.3 is 0 Å². The van der Waals surface area contributed by atoms with Crippen molar-refractivity contribution in [2.45, 2.75) is 0 Å². The second-order valence-electron chi connectivity index (χ2n) is 5.73. The number of nitrogens with zero attached hydrogens (tertiary/aromatic N) is 2. The van der Waals surface area contributed by atoms with Crippen molar-refractivity contribution in [2.24, 2.45) is 0 Å². The molecule has 4 rings (SSSR count). The molecule has 0 saturated carbocycles. The van der Waals surface area contributed by atoms with Crippen LogP contribution in [-0.2, 0) is 0 Å². The zero-order chi connectivity index (χ0) is 15.1. The molecule has 0 radical (unpaired) electrons. The van der Waals surface area contributed by atoms with Gasteiger partial charge in [0.2, 0.25) is 0 Å². The van der Waals surface area contributed by atoms with Gasteiger partial charge in [-0.3, -0.25) is 0 Å². The minimum Gasteiger partial charge on any atom is -0.349 e. The summed E-state index contributed by atoms with van der Waals surface area (Å²) in [6, 6.07) is 17.1. The topological polar surface area (TPSA) is 6.48 Å². The number of hydrogen-bond donors (Lipinski definition) is 0. The van der Waals surface area contributed by atoms with E-state index in [1.54, 1.807) is 0 Å². The summed E-state index contributed by atoms with van der Waals surface area (Å²) < 4.78 is 0. The third-order valence-electron chi connectivity index (χ3n) is 4.32.